The van der Waals surface area contributed by atoms with Gasteiger partial charge in [-0.05, 0) is 25.5 Å². The van der Waals surface area contributed by atoms with Crippen LogP contribution < -0.4 is 10.5 Å². The van der Waals surface area contributed by atoms with Crippen LogP contribution in [-0.2, 0) is 0 Å². The zero-order chi connectivity index (χ0) is 14.2. The monoisotopic (exact) mass is 262 g/mol. The standard InChI is InChI=1S/C12H14N4O3/c1-5-4-7(19-3)6(2)8(11(5)17)9-10(12(13)18)15-16-14-9/h4,17H,1-3H3,(H2,13,18)(H,14,15,16). The fourth-order valence-electron chi connectivity index (χ4n) is 1.95. The number of nitrogens with one attached hydrogen (secondary N) is 1. The van der Waals surface area contributed by atoms with Crippen LogP contribution in [0.15, 0.2) is 6.07 Å². The number of hydrogen-bond donors (Lipinski definition) is 3. The fourth-order valence-corrected chi connectivity index (χ4v) is 1.95. The number of aromatic nitrogens is 3. The Labute approximate surface area is 109 Å². The van der Waals surface area contributed by atoms with Gasteiger partial charge in [0.05, 0.1) is 12.7 Å². The number of carbonyl (C=O) groups is 1. The topological polar surface area (TPSA) is 114 Å². The predicted molar refractivity (Wildman–Crippen MR) is 68.0 cm³/mol. The molecule has 0 aliphatic heterocycles. The van der Waals surface area contributed by atoms with Crippen molar-refractivity contribution in [2.45, 2.75) is 13.8 Å². The number of nitrogens with zero attached hydrogens (tertiary/aromatic N) is 2. The van der Waals surface area contributed by atoms with Gasteiger partial charge in [-0.1, -0.05) is 0 Å². The van der Waals surface area contributed by atoms with E-state index in [0.29, 0.717) is 22.4 Å². The lowest BCUT2D eigenvalue weighted by atomic mass is 9.98. The first kappa shape index (κ1) is 12.9. The number of aromatic amines is 1. The minimum atomic E-state index is -0.719. The number of amides is 1. The summed E-state index contributed by atoms with van der Waals surface area (Å²) in [6.07, 6.45) is 0. The number of ether oxygens (including phenoxy) is 1. The average molecular weight is 262 g/mol. The van der Waals surface area contributed by atoms with Gasteiger partial charge in [0, 0.05) is 5.56 Å². The Morgan fingerprint density at radius 2 is 2.11 bits per heavy atom. The molecule has 0 unspecified atom stereocenters. The van der Waals surface area contributed by atoms with Crippen molar-refractivity contribution in [2.75, 3.05) is 7.11 Å². The summed E-state index contributed by atoms with van der Waals surface area (Å²) in [4.78, 5) is 11.3. The molecule has 2 rings (SSSR count). The van der Waals surface area contributed by atoms with Crippen molar-refractivity contribution in [3.63, 3.8) is 0 Å². The molecular formula is C12H14N4O3. The molecule has 0 fully saturated rings. The number of methoxy groups -OCH3 is 1. The Kier molecular flexibility index (Phi) is 3.12. The van der Waals surface area contributed by atoms with Gasteiger partial charge in [0.25, 0.3) is 5.91 Å². The number of hydrogen-bond acceptors (Lipinski definition) is 5. The van der Waals surface area contributed by atoms with Crippen molar-refractivity contribution in [1.29, 1.82) is 0 Å². The predicted octanol–water partition coefficient (Wildman–Crippen LogP) is 0.902. The van der Waals surface area contributed by atoms with Crippen LogP contribution in [0.25, 0.3) is 11.3 Å². The summed E-state index contributed by atoms with van der Waals surface area (Å²) in [6.45, 7) is 3.48. The van der Waals surface area contributed by atoms with E-state index in [1.807, 2.05) is 0 Å². The number of H-pyrrole nitrogens is 1. The minimum absolute atomic E-state index is 0.0222. The second-order valence-corrected chi connectivity index (χ2v) is 4.13. The molecule has 0 radical (unpaired) electrons. The van der Waals surface area contributed by atoms with Gasteiger partial charge >= 0.3 is 0 Å². The highest BCUT2D eigenvalue weighted by Gasteiger charge is 2.23. The van der Waals surface area contributed by atoms with Crippen LogP contribution in [-0.4, -0.2) is 33.5 Å². The average Bonchev–Trinajstić information content (AvgIpc) is 2.83. The molecule has 0 aliphatic carbocycles. The number of phenols is 1. The molecule has 1 aromatic carbocycles. The Hall–Kier alpha value is -2.57. The van der Waals surface area contributed by atoms with E-state index in [1.54, 1.807) is 19.9 Å². The highest BCUT2D eigenvalue weighted by Crippen LogP contribution is 2.39. The molecule has 7 heteroatoms. The van der Waals surface area contributed by atoms with Gasteiger partial charge < -0.3 is 15.6 Å². The number of aromatic hydroxyl groups is 1. The van der Waals surface area contributed by atoms with E-state index >= 15 is 0 Å². The Bertz CT molecular complexity index is 649. The lowest BCUT2D eigenvalue weighted by Crippen LogP contribution is -2.13. The van der Waals surface area contributed by atoms with Gasteiger partial charge in [-0.2, -0.15) is 15.4 Å². The van der Waals surface area contributed by atoms with Gasteiger partial charge in [0.15, 0.2) is 5.69 Å². The first-order valence-electron chi connectivity index (χ1n) is 5.55. The molecule has 7 nitrogen and oxygen atoms in total. The van der Waals surface area contributed by atoms with Crippen molar-refractivity contribution < 1.29 is 14.6 Å². The number of aryl methyl sites for hydroxylation is 1. The van der Waals surface area contributed by atoms with Gasteiger partial charge in [0.2, 0.25) is 0 Å². The van der Waals surface area contributed by atoms with Crippen molar-refractivity contribution in [2.24, 2.45) is 5.73 Å². The molecule has 1 heterocycles. The highest BCUT2D eigenvalue weighted by molar-refractivity contribution is 5.98. The minimum Gasteiger partial charge on any atom is -0.507 e. The molecular weight excluding hydrogens is 248 g/mol. The highest BCUT2D eigenvalue weighted by atomic mass is 16.5. The van der Waals surface area contributed by atoms with E-state index in [-0.39, 0.29) is 17.1 Å². The van der Waals surface area contributed by atoms with Crippen LogP contribution in [0.5, 0.6) is 11.5 Å². The third-order valence-corrected chi connectivity index (χ3v) is 2.94. The maximum atomic E-state index is 11.3. The molecule has 0 saturated carbocycles. The zero-order valence-electron chi connectivity index (χ0n) is 10.8. The third kappa shape index (κ3) is 1.99. The zero-order valence-corrected chi connectivity index (χ0v) is 10.8. The summed E-state index contributed by atoms with van der Waals surface area (Å²) in [6, 6.07) is 1.71. The molecule has 0 bridgehead atoms. The largest absolute Gasteiger partial charge is 0.507 e. The van der Waals surface area contributed by atoms with Crippen LogP contribution in [0.4, 0.5) is 0 Å². The van der Waals surface area contributed by atoms with Gasteiger partial charge in [-0.15, -0.1) is 0 Å². The first-order chi connectivity index (χ1) is 8.97. The number of nitrogens with two attached hydrogens (primary N) is 1. The van der Waals surface area contributed by atoms with Gasteiger partial charge in [0.1, 0.15) is 17.2 Å². The Morgan fingerprint density at radius 3 is 2.68 bits per heavy atom. The van der Waals surface area contributed by atoms with E-state index in [9.17, 15) is 9.90 Å². The fraction of sp³-hybridized carbons (Fsp3) is 0.250. The molecule has 0 atom stereocenters. The molecule has 0 aliphatic rings. The lowest BCUT2D eigenvalue weighted by Gasteiger charge is -2.13. The summed E-state index contributed by atoms with van der Waals surface area (Å²) in [5, 5.41) is 20.1. The molecule has 1 amide bonds. The quantitative estimate of drug-likeness (QED) is 0.760. The lowest BCUT2D eigenvalue weighted by molar-refractivity contribution is 0.0996. The van der Waals surface area contributed by atoms with Gasteiger partial charge in [-0.25, -0.2) is 0 Å². The summed E-state index contributed by atoms with van der Waals surface area (Å²) in [5.74, 6) is -0.110. The van der Waals surface area contributed by atoms with Crippen LogP contribution in [0, 0.1) is 13.8 Å². The second kappa shape index (κ2) is 4.60. The normalized spacial score (nSPS) is 10.5. The Balaban J connectivity index is 2.78. The van der Waals surface area contributed by atoms with Crippen molar-refractivity contribution in [3.05, 3.63) is 22.9 Å². The van der Waals surface area contributed by atoms with Crippen molar-refractivity contribution >= 4 is 5.91 Å². The molecule has 0 saturated heterocycles. The summed E-state index contributed by atoms with van der Waals surface area (Å²) < 4.78 is 5.23. The number of benzene rings is 1. The van der Waals surface area contributed by atoms with E-state index in [0.717, 1.165) is 0 Å². The first-order valence-corrected chi connectivity index (χ1v) is 5.55. The molecule has 4 N–H and O–H groups in total. The van der Waals surface area contributed by atoms with E-state index < -0.39 is 5.91 Å². The van der Waals surface area contributed by atoms with E-state index in [4.69, 9.17) is 10.5 Å². The van der Waals surface area contributed by atoms with Crippen molar-refractivity contribution in [1.82, 2.24) is 15.4 Å². The maximum Gasteiger partial charge on any atom is 0.271 e. The van der Waals surface area contributed by atoms with Gasteiger partial charge in [-0.3, -0.25) is 4.79 Å². The van der Waals surface area contributed by atoms with Crippen molar-refractivity contribution in [3.8, 4) is 22.8 Å². The SMILES string of the molecule is COc1cc(C)c(O)c(-c2n[nH]nc2C(N)=O)c1C. The van der Waals surface area contributed by atoms with Crippen LogP contribution in [0.1, 0.15) is 21.6 Å². The molecule has 0 spiro atoms. The second-order valence-electron chi connectivity index (χ2n) is 4.13. The van der Waals surface area contributed by atoms with Crippen LogP contribution >= 0.6 is 0 Å². The number of carbonyl (C=O) groups excluding carboxylic acids is 1. The van der Waals surface area contributed by atoms with Crippen LogP contribution in [0.2, 0.25) is 0 Å². The summed E-state index contributed by atoms with van der Waals surface area (Å²) in [5.41, 5.74) is 7.07. The smallest absolute Gasteiger partial charge is 0.271 e. The number of primary amides is 1. The molecule has 100 valence electrons. The summed E-state index contributed by atoms with van der Waals surface area (Å²) >= 11 is 0. The van der Waals surface area contributed by atoms with Crippen LogP contribution in [0.3, 0.4) is 0 Å². The van der Waals surface area contributed by atoms with E-state index in [2.05, 4.69) is 15.4 Å². The summed E-state index contributed by atoms with van der Waals surface area (Å²) in [7, 11) is 1.53. The molecule has 19 heavy (non-hydrogen) atoms. The number of rotatable bonds is 3. The maximum absolute atomic E-state index is 11.3. The van der Waals surface area contributed by atoms with E-state index in [1.165, 1.54) is 7.11 Å². The molecule has 2 aromatic rings. The Morgan fingerprint density at radius 1 is 1.42 bits per heavy atom. The number of phenolic OH excluding ortho intramolecular Hbond substituents is 1. The third-order valence-electron chi connectivity index (χ3n) is 2.94. The molecule has 1 aromatic heterocycles.